The highest BCUT2D eigenvalue weighted by Crippen LogP contribution is 2.35. The van der Waals surface area contributed by atoms with Crippen molar-refractivity contribution < 1.29 is 5.21 Å². The van der Waals surface area contributed by atoms with Gasteiger partial charge in [-0.15, -0.1) is 0 Å². The zero-order valence-corrected chi connectivity index (χ0v) is 8.76. The minimum atomic E-state index is -0.295. The van der Waals surface area contributed by atoms with Crippen molar-refractivity contribution in [2.45, 2.75) is 37.6 Å². The molecule has 1 heterocycles. The summed E-state index contributed by atoms with van der Waals surface area (Å²) in [6, 6.07) is 3.95. The average Bonchev–Trinajstić information content (AvgIpc) is 2.83. The van der Waals surface area contributed by atoms with E-state index in [1.807, 2.05) is 24.5 Å². The van der Waals surface area contributed by atoms with Crippen molar-refractivity contribution in [3.8, 4) is 0 Å². The van der Waals surface area contributed by atoms with Gasteiger partial charge in [0, 0.05) is 12.4 Å². The number of nitrogens with zero attached hydrogens (tertiary/aromatic N) is 2. The molecule has 4 nitrogen and oxygen atoms in total. The van der Waals surface area contributed by atoms with Gasteiger partial charge >= 0.3 is 0 Å². The molecule has 1 fully saturated rings. The molecule has 1 aromatic rings. The van der Waals surface area contributed by atoms with Crippen LogP contribution in [0.15, 0.2) is 29.7 Å². The summed E-state index contributed by atoms with van der Waals surface area (Å²) in [6.07, 6.45) is 9.40. The molecule has 0 aromatic carbocycles. The summed E-state index contributed by atoms with van der Waals surface area (Å²) < 4.78 is 2.07. The van der Waals surface area contributed by atoms with E-state index >= 15 is 0 Å². The zero-order chi connectivity index (χ0) is 10.7. The maximum Gasteiger partial charge on any atom is 0.165 e. The third-order valence-electron chi connectivity index (χ3n) is 3.36. The molecule has 2 rings (SSSR count). The summed E-state index contributed by atoms with van der Waals surface area (Å²) in [5.74, 6) is 0.332. The van der Waals surface area contributed by atoms with E-state index in [9.17, 15) is 0 Å². The standard InChI is InChI=1S/C11H17N3O/c12-10(13-15)11(6-2-1-3-7-11)14-8-4-5-9-14/h4-5,8-9,15H,1-3,6-7H2,(H2,12,13). The summed E-state index contributed by atoms with van der Waals surface area (Å²) in [4.78, 5) is 0. The van der Waals surface area contributed by atoms with Crippen LogP contribution in [0.3, 0.4) is 0 Å². The summed E-state index contributed by atoms with van der Waals surface area (Å²) in [6.45, 7) is 0. The Labute approximate surface area is 89.4 Å². The normalized spacial score (nSPS) is 21.5. The number of aromatic nitrogens is 1. The quantitative estimate of drug-likeness (QED) is 0.336. The van der Waals surface area contributed by atoms with E-state index in [0.717, 1.165) is 25.7 Å². The largest absolute Gasteiger partial charge is 0.409 e. The van der Waals surface area contributed by atoms with Gasteiger partial charge in [0.2, 0.25) is 0 Å². The maximum atomic E-state index is 8.90. The first-order valence-electron chi connectivity index (χ1n) is 5.41. The lowest BCUT2D eigenvalue weighted by molar-refractivity contribution is 0.256. The highest BCUT2D eigenvalue weighted by atomic mass is 16.4. The monoisotopic (exact) mass is 207 g/mol. The molecule has 0 saturated heterocycles. The molecule has 0 aliphatic heterocycles. The Morgan fingerprint density at radius 1 is 1.20 bits per heavy atom. The van der Waals surface area contributed by atoms with E-state index in [1.54, 1.807) is 0 Å². The molecule has 4 heteroatoms. The molecular weight excluding hydrogens is 190 g/mol. The van der Waals surface area contributed by atoms with Gasteiger partial charge in [0.15, 0.2) is 5.84 Å². The molecule has 1 saturated carbocycles. The lowest BCUT2D eigenvalue weighted by Gasteiger charge is -2.37. The molecule has 3 N–H and O–H groups in total. The van der Waals surface area contributed by atoms with Crippen molar-refractivity contribution in [3.05, 3.63) is 24.5 Å². The fourth-order valence-corrected chi connectivity index (χ4v) is 2.50. The van der Waals surface area contributed by atoms with Crippen molar-refractivity contribution in [2.75, 3.05) is 0 Å². The number of hydrogen-bond acceptors (Lipinski definition) is 2. The summed E-state index contributed by atoms with van der Waals surface area (Å²) in [5, 5.41) is 12.1. The van der Waals surface area contributed by atoms with Crippen LogP contribution in [0.1, 0.15) is 32.1 Å². The molecule has 0 unspecified atom stereocenters. The molecule has 0 amide bonds. The highest BCUT2D eigenvalue weighted by molar-refractivity contribution is 5.87. The van der Waals surface area contributed by atoms with Gasteiger partial charge < -0.3 is 15.5 Å². The van der Waals surface area contributed by atoms with Crippen molar-refractivity contribution in [1.29, 1.82) is 0 Å². The summed E-state index contributed by atoms with van der Waals surface area (Å²) >= 11 is 0. The molecule has 15 heavy (non-hydrogen) atoms. The molecule has 0 spiro atoms. The van der Waals surface area contributed by atoms with Crippen LogP contribution in [-0.4, -0.2) is 15.6 Å². The fourth-order valence-electron chi connectivity index (χ4n) is 2.50. The van der Waals surface area contributed by atoms with E-state index < -0.39 is 0 Å². The van der Waals surface area contributed by atoms with Crippen LogP contribution < -0.4 is 5.73 Å². The second-order valence-electron chi connectivity index (χ2n) is 4.17. The Hall–Kier alpha value is -1.45. The number of hydrogen-bond donors (Lipinski definition) is 2. The van der Waals surface area contributed by atoms with E-state index in [4.69, 9.17) is 10.9 Å². The van der Waals surface area contributed by atoms with E-state index in [0.29, 0.717) is 5.84 Å². The van der Waals surface area contributed by atoms with E-state index in [1.165, 1.54) is 6.42 Å². The van der Waals surface area contributed by atoms with Gasteiger partial charge in [-0.2, -0.15) is 0 Å². The van der Waals surface area contributed by atoms with Crippen LogP contribution in [-0.2, 0) is 5.54 Å². The first-order chi connectivity index (χ1) is 7.29. The Balaban J connectivity index is 2.38. The lowest BCUT2D eigenvalue weighted by Crippen LogP contribution is -2.47. The van der Waals surface area contributed by atoms with Gasteiger partial charge in [-0.05, 0) is 25.0 Å². The van der Waals surface area contributed by atoms with Crippen molar-refractivity contribution >= 4 is 5.84 Å². The zero-order valence-electron chi connectivity index (χ0n) is 8.76. The number of nitrogens with two attached hydrogens (primary N) is 1. The topological polar surface area (TPSA) is 63.5 Å². The second-order valence-corrected chi connectivity index (χ2v) is 4.17. The van der Waals surface area contributed by atoms with Gasteiger partial charge in [-0.1, -0.05) is 24.4 Å². The minimum Gasteiger partial charge on any atom is -0.409 e. The number of rotatable bonds is 2. The number of amidine groups is 1. The molecule has 1 aliphatic rings. The summed E-state index contributed by atoms with van der Waals surface area (Å²) in [7, 11) is 0. The smallest absolute Gasteiger partial charge is 0.165 e. The van der Waals surface area contributed by atoms with Crippen LogP contribution in [0.5, 0.6) is 0 Å². The molecule has 0 radical (unpaired) electrons. The molecule has 82 valence electrons. The van der Waals surface area contributed by atoms with Gasteiger partial charge in [-0.25, -0.2) is 0 Å². The maximum absolute atomic E-state index is 8.90. The SMILES string of the molecule is N/C(=N\O)C1(n2cccc2)CCCCC1. The number of oxime groups is 1. The Kier molecular flexibility index (Phi) is 2.66. The Morgan fingerprint density at radius 3 is 2.33 bits per heavy atom. The van der Waals surface area contributed by atoms with E-state index in [-0.39, 0.29) is 5.54 Å². The van der Waals surface area contributed by atoms with Gasteiger partial charge in [0.05, 0.1) is 0 Å². The fraction of sp³-hybridized carbons (Fsp3) is 0.545. The first-order valence-corrected chi connectivity index (χ1v) is 5.41. The van der Waals surface area contributed by atoms with Crippen LogP contribution in [0.2, 0.25) is 0 Å². The van der Waals surface area contributed by atoms with Crippen LogP contribution >= 0.6 is 0 Å². The Morgan fingerprint density at radius 2 is 1.80 bits per heavy atom. The van der Waals surface area contributed by atoms with Gasteiger partial charge in [0.25, 0.3) is 0 Å². The third-order valence-corrected chi connectivity index (χ3v) is 3.36. The van der Waals surface area contributed by atoms with Gasteiger partial charge in [0.1, 0.15) is 5.54 Å². The van der Waals surface area contributed by atoms with Crippen LogP contribution in [0.4, 0.5) is 0 Å². The third kappa shape index (κ3) is 1.60. The average molecular weight is 207 g/mol. The second kappa shape index (κ2) is 3.96. The highest BCUT2D eigenvalue weighted by Gasteiger charge is 2.37. The van der Waals surface area contributed by atoms with Crippen LogP contribution in [0, 0.1) is 0 Å². The molecule has 1 aliphatic carbocycles. The molecule has 0 atom stereocenters. The molecule has 1 aromatic heterocycles. The van der Waals surface area contributed by atoms with Gasteiger partial charge in [-0.3, -0.25) is 0 Å². The minimum absolute atomic E-state index is 0.295. The Bertz CT molecular complexity index is 337. The van der Waals surface area contributed by atoms with E-state index in [2.05, 4.69) is 9.72 Å². The molecule has 0 bridgehead atoms. The predicted molar refractivity (Wildman–Crippen MR) is 58.9 cm³/mol. The lowest BCUT2D eigenvalue weighted by atomic mass is 9.80. The van der Waals surface area contributed by atoms with Crippen molar-refractivity contribution in [3.63, 3.8) is 0 Å². The predicted octanol–water partition coefficient (Wildman–Crippen LogP) is 1.89. The summed E-state index contributed by atoms with van der Waals surface area (Å²) in [5.41, 5.74) is 5.56. The first kappa shape index (κ1) is 10.1. The van der Waals surface area contributed by atoms with Crippen molar-refractivity contribution in [1.82, 2.24) is 4.57 Å². The van der Waals surface area contributed by atoms with Crippen LogP contribution in [0.25, 0.3) is 0 Å². The molecular formula is C11H17N3O. The van der Waals surface area contributed by atoms with Crippen molar-refractivity contribution in [2.24, 2.45) is 10.9 Å².